The van der Waals surface area contributed by atoms with Crippen LogP contribution in [-0.2, 0) is 0 Å². The molecule has 0 aliphatic heterocycles. The molecule has 0 spiro atoms. The molecule has 0 N–H and O–H groups in total. The van der Waals surface area contributed by atoms with Crippen LogP contribution in [0.25, 0.3) is 33.2 Å². The van der Waals surface area contributed by atoms with Crippen molar-refractivity contribution in [1.82, 2.24) is 5.16 Å². The van der Waals surface area contributed by atoms with Crippen molar-refractivity contribution in [3.63, 3.8) is 0 Å². The van der Waals surface area contributed by atoms with Gasteiger partial charge >= 0.3 is 0 Å². The first-order chi connectivity index (χ1) is 11.8. The zero-order valence-electron chi connectivity index (χ0n) is 13.0. The van der Waals surface area contributed by atoms with Crippen LogP contribution < -0.4 is 4.74 Å². The molecule has 1 heterocycles. The maximum absolute atomic E-state index is 5.61. The van der Waals surface area contributed by atoms with Crippen LogP contribution in [0.3, 0.4) is 0 Å². The summed E-state index contributed by atoms with van der Waals surface area (Å²) < 4.78 is 12.1. The van der Waals surface area contributed by atoms with Gasteiger partial charge in [0.1, 0.15) is 5.75 Å². The number of aromatic nitrogens is 1. The summed E-state index contributed by atoms with van der Waals surface area (Å²) in [6.07, 6.45) is 1.76. The quantitative estimate of drug-likeness (QED) is 0.442. The summed E-state index contributed by atoms with van der Waals surface area (Å²) in [6.45, 7) is 0. The highest BCUT2D eigenvalue weighted by Gasteiger charge is 2.16. The van der Waals surface area contributed by atoms with Crippen molar-refractivity contribution in [3.8, 4) is 28.2 Å². The van der Waals surface area contributed by atoms with E-state index in [1.807, 2.05) is 54.6 Å². The third kappa shape index (κ3) is 2.49. The Bertz CT molecular complexity index is 1010. The van der Waals surface area contributed by atoms with Crippen LogP contribution in [0.1, 0.15) is 0 Å². The van der Waals surface area contributed by atoms with E-state index in [0.717, 1.165) is 43.4 Å². The number of halogens is 1. The molecule has 4 heteroatoms. The highest BCUT2D eigenvalue weighted by Crippen LogP contribution is 2.39. The average Bonchev–Trinajstić information content (AvgIpc) is 3.11. The number of methoxy groups -OCH3 is 1. The summed E-state index contributed by atoms with van der Waals surface area (Å²) in [5.41, 5.74) is 3.04. The molecular formula is C20H14BrNO2. The molecule has 0 amide bonds. The van der Waals surface area contributed by atoms with Gasteiger partial charge in [-0.3, -0.25) is 0 Å². The minimum Gasteiger partial charge on any atom is -0.496 e. The predicted octanol–water partition coefficient (Wildman–Crippen LogP) is 5.93. The summed E-state index contributed by atoms with van der Waals surface area (Å²) in [4.78, 5) is 0. The monoisotopic (exact) mass is 379 g/mol. The molecule has 1 aromatic heterocycles. The third-order valence-corrected chi connectivity index (χ3v) is 4.60. The summed E-state index contributed by atoms with van der Waals surface area (Å²) >= 11 is 3.47. The molecule has 0 fully saturated rings. The summed E-state index contributed by atoms with van der Waals surface area (Å²) in [5, 5.41) is 6.16. The first-order valence-electron chi connectivity index (χ1n) is 7.54. The molecule has 24 heavy (non-hydrogen) atoms. The molecule has 3 nitrogen and oxygen atoms in total. The fourth-order valence-corrected chi connectivity index (χ4v) is 3.18. The molecule has 0 bridgehead atoms. The molecule has 118 valence electrons. The van der Waals surface area contributed by atoms with E-state index in [9.17, 15) is 0 Å². The van der Waals surface area contributed by atoms with Gasteiger partial charge in [0, 0.05) is 21.0 Å². The van der Waals surface area contributed by atoms with Crippen LogP contribution in [0.2, 0.25) is 0 Å². The molecule has 0 radical (unpaired) electrons. The summed E-state index contributed by atoms with van der Waals surface area (Å²) in [6, 6.07) is 20.2. The van der Waals surface area contributed by atoms with Gasteiger partial charge in [0.05, 0.1) is 13.3 Å². The molecule has 0 aliphatic rings. The number of fused-ring (bicyclic) bond motifs is 1. The second-order valence-corrected chi connectivity index (χ2v) is 6.35. The van der Waals surface area contributed by atoms with Gasteiger partial charge in [-0.2, -0.15) is 0 Å². The van der Waals surface area contributed by atoms with E-state index in [1.165, 1.54) is 0 Å². The molecule has 0 saturated carbocycles. The molecule has 3 aromatic carbocycles. The predicted molar refractivity (Wildman–Crippen MR) is 99.1 cm³/mol. The second kappa shape index (κ2) is 6.13. The van der Waals surface area contributed by atoms with Gasteiger partial charge in [-0.05, 0) is 35.2 Å². The number of ether oxygens (including phenoxy) is 1. The minimum atomic E-state index is 0.760. The summed E-state index contributed by atoms with van der Waals surface area (Å²) in [7, 11) is 1.68. The number of benzene rings is 3. The Labute approximate surface area is 148 Å². The Morgan fingerprint density at radius 3 is 2.38 bits per heavy atom. The lowest BCUT2D eigenvalue weighted by atomic mass is 9.97. The topological polar surface area (TPSA) is 35.3 Å². The van der Waals surface area contributed by atoms with Crippen molar-refractivity contribution >= 4 is 26.7 Å². The van der Waals surface area contributed by atoms with Crippen LogP contribution >= 0.6 is 15.9 Å². The van der Waals surface area contributed by atoms with Crippen LogP contribution in [0.4, 0.5) is 0 Å². The molecule has 0 saturated heterocycles. The number of nitrogens with zero attached hydrogens (tertiary/aromatic N) is 1. The van der Waals surface area contributed by atoms with Gasteiger partial charge in [-0.1, -0.05) is 57.5 Å². The largest absolute Gasteiger partial charge is 0.496 e. The Hall–Kier alpha value is -2.59. The molecule has 0 unspecified atom stereocenters. The van der Waals surface area contributed by atoms with Crippen molar-refractivity contribution in [2.45, 2.75) is 0 Å². The van der Waals surface area contributed by atoms with Gasteiger partial charge in [-0.25, -0.2) is 0 Å². The normalized spacial score (nSPS) is 10.9. The fraction of sp³-hybridized carbons (Fsp3) is 0.0500. The second-order valence-electron chi connectivity index (χ2n) is 5.44. The lowest BCUT2D eigenvalue weighted by molar-refractivity contribution is 0.419. The maximum atomic E-state index is 5.61. The zero-order chi connectivity index (χ0) is 16.5. The van der Waals surface area contributed by atoms with Crippen molar-refractivity contribution in [1.29, 1.82) is 0 Å². The van der Waals surface area contributed by atoms with Crippen molar-refractivity contribution in [2.75, 3.05) is 7.11 Å². The minimum absolute atomic E-state index is 0.760. The molecule has 0 aliphatic carbocycles. The van der Waals surface area contributed by atoms with Gasteiger partial charge in [-0.15, -0.1) is 0 Å². The van der Waals surface area contributed by atoms with Gasteiger partial charge in [0.2, 0.25) is 0 Å². The molecule has 0 atom stereocenters. The SMILES string of the molecule is COc1ccc(-c2oncc2-c2ccc(Br)cc2)c2ccccc12. The molecule has 4 rings (SSSR count). The van der Waals surface area contributed by atoms with E-state index in [-0.39, 0.29) is 0 Å². The van der Waals surface area contributed by atoms with Crippen LogP contribution in [0, 0.1) is 0 Å². The number of rotatable bonds is 3. The Morgan fingerprint density at radius 2 is 1.62 bits per heavy atom. The van der Waals surface area contributed by atoms with Crippen molar-refractivity contribution < 1.29 is 9.26 Å². The zero-order valence-corrected chi connectivity index (χ0v) is 14.6. The Kier molecular flexibility index (Phi) is 3.82. The number of hydrogen-bond acceptors (Lipinski definition) is 3. The smallest absolute Gasteiger partial charge is 0.175 e. The highest BCUT2D eigenvalue weighted by molar-refractivity contribution is 9.10. The van der Waals surface area contributed by atoms with E-state index in [0.29, 0.717) is 0 Å². The van der Waals surface area contributed by atoms with Gasteiger partial charge in [0.25, 0.3) is 0 Å². The van der Waals surface area contributed by atoms with Crippen LogP contribution in [-0.4, -0.2) is 12.3 Å². The fourth-order valence-electron chi connectivity index (χ4n) is 2.92. The lowest BCUT2D eigenvalue weighted by Gasteiger charge is -2.10. The Balaban J connectivity index is 1.94. The van der Waals surface area contributed by atoms with Crippen LogP contribution in [0.5, 0.6) is 5.75 Å². The first-order valence-corrected chi connectivity index (χ1v) is 8.34. The average molecular weight is 380 g/mol. The van der Waals surface area contributed by atoms with Crippen LogP contribution in [0.15, 0.2) is 75.9 Å². The van der Waals surface area contributed by atoms with E-state index in [1.54, 1.807) is 13.3 Å². The van der Waals surface area contributed by atoms with Crippen molar-refractivity contribution in [3.05, 3.63) is 71.3 Å². The highest BCUT2D eigenvalue weighted by atomic mass is 79.9. The maximum Gasteiger partial charge on any atom is 0.175 e. The van der Waals surface area contributed by atoms with E-state index in [2.05, 4.69) is 27.2 Å². The van der Waals surface area contributed by atoms with E-state index >= 15 is 0 Å². The third-order valence-electron chi connectivity index (χ3n) is 4.07. The number of hydrogen-bond donors (Lipinski definition) is 0. The molecule has 4 aromatic rings. The first kappa shape index (κ1) is 15.0. The van der Waals surface area contributed by atoms with Gasteiger partial charge in [0.15, 0.2) is 5.76 Å². The molecular weight excluding hydrogens is 366 g/mol. The Morgan fingerprint density at radius 1 is 0.875 bits per heavy atom. The van der Waals surface area contributed by atoms with E-state index in [4.69, 9.17) is 9.26 Å². The standard InChI is InChI=1S/C20H14BrNO2/c1-23-19-11-10-17(15-4-2-3-5-16(15)19)20-18(12-22-24-20)13-6-8-14(21)9-7-13/h2-12H,1H3. The van der Waals surface area contributed by atoms with Gasteiger partial charge < -0.3 is 9.26 Å². The van der Waals surface area contributed by atoms with E-state index < -0.39 is 0 Å². The summed E-state index contributed by atoms with van der Waals surface area (Å²) in [5.74, 6) is 1.61. The lowest BCUT2D eigenvalue weighted by Crippen LogP contribution is -1.88. The van der Waals surface area contributed by atoms with Crippen molar-refractivity contribution in [2.24, 2.45) is 0 Å².